The van der Waals surface area contributed by atoms with Gasteiger partial charge in [0, 0.05) is 25.9 Å². The Bertz CT molecular complexity index is 609. The summed E-state index contributed by atoms with van der Waals surface area (Å²) in [7, 11) is 0. The van der Waals surface area contributed by atoms with E-state index in [1.165, 1.54) is 0 Å². The maximum atomic E-state index is 12.9. The summed E-state index contributed by atoms with van der Waals surface area (Å²) in [5.74, 6) is -0.198. The highest BCUT2D eigenvalue weighted by molar-refractivity contribution is 5.90. The molecule has 1 aliphatic carbocycles. The number of rotatable bonds is 5. The van der Waals surface area contributed by atoms with Gasteiger partial charge in [0.2, 0.25) is 0 Å². The molecule has 0 bridgehead atoms. The number of carboxylic acid groups (broad SMARTS) is 1. The number of ether oxygens (including phenoxy) is 1. The summed E-state index contributed by atoms with van der Waals surface area (Å²) in [6.45, 7) is 4.59. The molecule has 1 N–H and O–H groups in total. The minimum absolute atomic E-state index is 0.0111. The van der Waals surface area contributed by atoms with Gasteiger partial charge in [-0.3, -0.25) is 9.59 Å². The number of carbonyl (C=O) groups is 2. The summed E-state index contributed by atoms with van der Waals surface area (Å²) >= 11 is 0. The van der Waals surface area contributed by atoms with Crippen LogP contribution in [0.4, 0.5) is 0 Å². The van der Waals surface area contributed by atoms with Crippen molar-refractivity contribution in [2.75, 3.05) is 13.1 Å². The Morgan fingerprint density at radius 1 is 1.17 bits per heavy atom. The van der Waals surface area contributed by atoms with Crippen molar-refractivity contribution in [3.63, 3.8) is 0 Å². The van der Waals surface area contributed by atoms with Gasteiger partial charge in [-0.15, -0.1) is 0 Å². The van der Waals surface area contributed by atoms with Crippen LogP contribution in [-0.4, -0.2) is 40.6 Å². The molecule has 5 heteroatoms. The van der Waals surface area contributed by atoms with Crippen molar-refractivity contribution >= 4 is 11.9 Å². The zero-order chi connectivity index (χ0) is 16.7. The summed E-state index contributed by atoms with van der Waals surface area (Å²) in [6, 6.07) is 9.33. The van der Waals surface area contributed by atoms with E-state index >= 15 is 0 Å². The van der Waals surface area contributed by atoms with Crippen molar-refractivity contribution in [2.45, 2.75) is 38.7 Å². The molecule has 124 valence electrons. The van der Waals surface area contributed by atoms with Crippen molar-refractivity contribution in [3.05, 3.63) is 30.3 Å². The van der Waals surface area contributed by atoms with Crippen molar-refractivity contribution in [2.24, 2.45) is 11.3 Å². The average Bonchev–Trinajstić information content (AvgIpc) is 3.14. The van der Waals surface area contributed by atoms with Gasteiger partial charge in [0.25, 0.3) is 5.91 Å². The van der Waals surface area contributed by atoms with Gasteiger partial charge in [-0.05, 0) is 24.5 Å². The highest BCUT2D eigenvalue weighted by Crippen LogP contribution is 2.45. The number of likely N-dealkylation sites (tertiary alicyclic amines) is 1. The van der Waals surface area contributed by atoms with Gasteiger partial charge in [-0.2, -0.15) is 0 Å². The molecule has 0 radical (unpaired) electrons. The first-order valence-corrected chi connectivity index (χ1v) is 8.16. The summed E-state index contributed by atoms with van der Waals surface area (Å²) in [4.78, 5) is 26.3. The van der Waals surface area contributed by atoms with Gasteiger partial charge in [0.15, 0.2) is 5.60 Å². The molecule has 0 aromatic heterocycles. The predicted molar refractivity (Wildman–Crippen MR) is 85.1 cm³/mol. The van der Waals surface area contributed by atoms with E-state index in [0.717, 1.165) is 0 Å². The Morgan fingerprint density at radius 2 is 1.83 bits per heavy atom. The van der Waals surface area contributed by atoms with E-state index in [1.807, 2.05) is 44.2 Å². The molecule has 3 rings (SSSR count). The molecule has 1 saturated carbocycles. The third-order valence-electron chi connectivity index (χ3n) is 5.27. The van der Waals surface area contributed by atoms with Crippen LogP contribution in [0.3, 0.4) is 0 Å². The van der Waals surface area contributed by atoms with E-state index in [1.54, 1.807) is 4.90 Å². The summed E-state index contributed by atoms with van der Waals surface area (Å²) in [5.41, 5.74) is -1.62. The van der Waals surface area contributed by atoms with Crippen LogP contribution >= 0.6 is 0 Å². The molecule has 1 heterocycles. The molecule has 1 aromatic rings. The van der Waals surface area contributed by atoms with E-state index in [9.17, 15) is 14.7 Å². The number of hydrogen-bond donors (Lipinski definition) is 1. The molecule has 1 saturated heterocycles. The average molecular weight is 317 g/mol. The Morgan fingerprint density at radius 3 is 2.30 bits per heavy atom. The van der Waals surface area contributed by atoms with E-state index in [-0.39, 0.29) is 18.4 Å². The molecule has 2 aliphatic rings. The number of nitrogens with zero attached hydrogens (tertiary/aromatic N) is 1. The summed E-state index contributed by atoms with van der Waals surface area (Å²) in [6.07, 6.45) is 1.89. The fourth-order valence-electron chi connectivity index (χ4n) is 3.37. The number of amides is 1. The lowest BCUT2D eigenvalue weighted by molar-refractivity contribution is -0.152. The van der Waals surface area contributed by atoms with Crippen LogP contribution in [0.5, 0.6) is 5.75 Å². The smallest absolute Gasteiger partial charge is 0.311 e. The quantitative estimate of drug-likeness (QED) is 0.906. The van der Waals surface area contributed by atoms with Crippen molar-refractivity contribution in [1.29, 1.82) is 0 Å². The van der Waals surface area contributed by atoms with Crippen molar-refractivity contribution < 1.29 is 19.4 Å². The van der Waals surface area contributed by atoms with Gasteiger partial charge in [-0.25, -0.2) is 0 Å². The number of carboxylic acids is 1. The van der Waals surface area contributed by atoms with Crippen LogP contribution in [0.15, 0.2) is 30.3 Å². The van der Waals surface area contributed by atoms with E-state index in [4.69, 9.17) is 4.74 Å². The second kappa shape index (κ2) is 5.55. The first-order chi connectivity index (χ1) is 10.9. The van der Waals surface area contributed by atoms with E-state index in [2.05, 4.69) is 0 Å². The number of hydrogen-bond acceptors (Lipinski definition) is 3. The molecule has 1 unspecified atom stereocenters. The second-order valence-corrected chi connectivity index (χ2v) is 7.00. The van der Waals surface area contributed by atoms with Crippen molar-refractivity contribution in [3.8, 4) is 5.75 Å². The van der Waals surface area contributed by atoms with Crippen LogP contribution < -0.4 is 4.74 Å². The zero-order valence-corrected chi connectivity index (χ0v) is 13.6. The fourth-order valence-corrected chi connectivity index (χ4v) is 3.37. The molecule has 1 amide bonds. The SMILES string of the molecule is CC(C)C1(C(=O)O)CCN(C(=O)C2(Oc3ccccc3)CC2)C1. The normalized spacial score (nSPS) is 25.4. The third-order valence-corrected chi connectivity index (χ3v) is 5.27. The maximum absolute atomic E-state index is 12.9. The Labute approximate surface area is 136 Å². The molecule has 1 aliphatic heterocycles. The highest BCUT2D eigenvalue weighted by Gasteiger charge is 2.58. The minimum Gasteiger partial charge on any atom is -0.481 e. The summed E-state index contributed by atoms with van der Waals surface area (Å²) < 4.78 is 5.94. The van der Waals surface area contributed by atoms with Gasteiger partial charge >= 0.3 is 5.97 Å². The molecule has 23 heavy (non-hydrogen) atoms. The lowest BCUT2D eigenvalue weighted by Gasteiger charge is -2.30. The lowest BCUT2D eigenvalue weighted by atomic mass is 9.76. The Balaban J connectivity index is 1.73. The highest BCUT2D eigenvalue weighted by atomic mass is 16.5. The van der Waals surface area contributed by atoms with Crippen LogP contribution in [0, 0.1) is 11.3 Å². The Hall–Kier alpha value is -2.04. The molecule has 1 atom stereocenters. The summed E-state index contributed by atoms with van der Waals surface area (Å²) in [5, 5.41) is 9.62. The number of aliphatic carboxylic acids is 1. The number of para-hydroxylation sites is 1. The van der Waals surface area contributed by atoms with Crippen LogP contribution in [0.2, 0.25) is 0 Å². The monoisotopic (exact) mass is 317 g/mol. The first-order valence-electron chi connectivity index (χ1n) is 8.16. The molecular formula is C18H23NO4. The molecule has 0 spiro atoms. The van der Waals surface area contributed by atoms with Gasteiger partial charge in [-0.1, -0.05) is 32.0 Å². The first kappa shape index (κ1) is 15.8. The Kier molecular flexibility index (Phi) is 3.82. The van der Waals surface area contributed by atoms with Crippen LogP contribution in [0.25, 0.3) is 0 Å². The van der Waals surface area contributed by atoms with Gasteiger partial charge < -0.3 is 14.7 Å². The second-order valence-electron chi connectivity index (χ2n) is 7.00. The molecular weight excluding hydrogens is 294 g/mol. The lowest BCUT2D eigenvalue weighted by Crippen LogP contribution is -2.46. The molecule has 1 aromatic carbocycles. The fraction of sp³-hybridized carbons (Fsp3) is 0.556. The standard InChI is InChI=1S/C18H23NO4/c1-13(2)17(16(21)22)10-11-19(12-17)15(20)18(8-9-18)23-14-6-4-3-5-7-14/h3-7,13H,8-12H2,1-2H3,(H,21,22). The van der Waals surface area contributed by atoms with Crippen LogP contribution in [-0.2, 0) is 9.59 Å². The largest absolute Gasteiger partial charge is 0.481 e. The van der Waals surface area contributed by atoms with E-state index < -0.39 is 17.0 Å². The number of carbonyl (C=O) groups excluding carboxylic acids is 1. The van der Waals surface area contributed by atoms with Gasteiger partial charge in [0.1, 0.15) is 5.75 Å². The van der Waals surface area contributed by atoms with Gasteiger partial charge in [0.05, 0.1) is 5.41 Å². The predicted octanol–water partition coefficient (Wildman–Crippen LogP) is 2.56. The zero-order valence-electron chi connectivity index (χ0n) is 13.6. The van der Waals surface area contributed by atoms with E-state index in [0.29, 0.717) is 31.6 Å². The maximum Gasteiger partial charge on any atom is 0.311 e. The number of benzene rings is 1. The molecule has 5 nitrogen and oxygen atoms in total. The minimum atomic E-state index is -0.835. The third kappa shape index (κ3) is 2.69. The topological polar surface area (TPSA) is 66.8 Å². The molecule has 2 fully saturated rings. The van der Waals surface area contributed by atoms with Crippen molar-refractivity contribution in [1.82, 2.24) is 4.90 Å². The van der Waals surface area contributed by atoms with Crippen LogP contribution in [0.1, 0.15) is 33.1 Å².